The minimum absolute atomic E-state index is 0.0715. The summed E-state index contributed by atoms with van der Waals surface area (Å²) < 4.78 is 1.75. The molecular formula is C24H31N7O4. The zero-order valence-electron chi connectivity index (χ0n) is 20.0. The van der Waals surface area contributed by atoms with Crippen molar-refractivity contribution in [2.24, 2.45) is 11.7 Å². The standard InChI is InChI=1S/C24H31N7O4/c1-3-15(2)20(31-21(32)18-8-4-5-9-19(18)22(31)33)23(34)29-12-6-7-17(14-29)30-13-16(27-28-30)10-11-26-24(25)35/h4-5,8-9,13,15,17,20H,3,6-7,10-12,14H2,1-2H3,(H3,25,26,35). The van der Waals surface area contributed by atoms with Gasteiger partial charge in [0, 0.05) is 32.3 Å². The first-order chi connectivity index (χ1) is 16.8. The van der Waals surface area contributed by atoms with Crippen LogP contribution in [-0.2, 0) is 11.2 Å². The number of nitrogens with one attached hydrogen (secondary N) is 1. The van der Waals surface area contributed by atoms with Gasteiger partial charge in [-0.3, -0.25) is 19.3 Å². The summed E-state index contributed by atoms with van der Waals surface area (Å²) in [6.07, 6.45) is 4.55. The molecule has 0 radical (unpaired) electrons. The fourth-order valence-electron chi connectivity index (χ4n) is 4.77. The van der Waals surface area contributed by atoms with Gasteiger partial charge in [-0.15, -0.1) is 5.10 Å². The molecule has 0 saturated carbocycles. The van der Waals surface area contributed by atoms with Gasteiger partial charge in [0.15, 0.2) is 0 Å². The molecule has 186 valence electrons. The van der Waals surface area contributed by atoms with Gasteiger partial charge in [0.2, 0.25) is 5.91 Å². The van der Waals surface area contributed by atoms with Crippen LogP contribution in [-0.4, -0.2) is 74.2 Å². The van der Waals surface area contributed by atoms with Crippen molar-refractivity contribution in [3.05, 3.63) is 47.3 Å². The van der Waals surface area contributed by atoms with E-state index in [0.29, 0.717) is 49.3 Å². The van der Waals surface area contributed by atoms with Crippen LogP contribution in [0.4, 0.5) is 4.79 Å². The van der Waals surface area contributed by atoms with E-state index in [4.69, 9.17) is 5.73 Å². The molecule has 3 N–H and O–H groups in total. The number of imide groups is 1. The molecular weight excluding hydrogens is 450 g/mol. The minimum atomic E-state index is -0.864. The maximum absolute atomic E-state index is 13.8. The first-order valence-electron chi connectivity index (χ1n) is 12.0. The van der Waals surface area contributed by atoms with E-state index in [9.17, 15) is 19.2 Å². The van der Waals surface area contributed by atoms with Gasteiger partial charge in [0.05, 0.1) is 22.9 Å². The molecule has 0 bridgehead atoms. The van der Waals surface area contributed by atoms with Crippen molar-refractivity contribution in [2.45, 2.75) is 51.6 Å². The van der Waals surface area contributed by atoms with E-state index < -0.39 is 23.9 Å². The van der Waals surface area contributed by atoms with Crippen molar-refractivity contribution in [2.75, 3.05) is 19.6 Å². The van der Waals surface area contributed by atoms with Crippen molar-refractivity contribution in [3.8, 4) is 0 Å². The third-order valence-electron chi connectivity index (χ3n) is 6.86. The summed E-state index contributed by atoms with van der Waals surface area (Å²) in [5.41, 5.74) is 6.49. The number of urea groups is 1. The van der Waals surface area contributed by atoms with Crippen LogP contribution in [0.5, 0.6) is 0 Å². The molecule has 1 fully saturated rings. The Balaban J connectivity index is 1.50. The van der Waals surface area contributed by atoms with Crippen molar-refractivity contribution in [1.82, 2.24) is 30.1 Å². The third-order valence-corrected chi connectivity index (χ3v) is 6.86. The van der Waals surface area contributed by atoms with E-state index in [1.54, 1.807) is 33.8 Å². The monoisotopic (exact) mass is 481 g/mol. The van der Waals surface area contributed by atoms with Crippen LogP contribution in [0.1, 0.15) is 65.6 Å². The molecule has 3 unspecified atom stereocenters. The summed E-state index contributed by atoms with van der Waals surface area (Å²) in [5.74, 6) is -1.24. The zero-order chi connectivity index (χ0) is 25.1. The van der Waals surface area contributed by atoms with E-state index in [0.717, 1.165) is 17.7 Å². The number of rotatable bonds is 8. The largest absolute Gasteiger partial charge is 0.352 e. The highest BCUT2D eigenvalue weighted by molar-refractivity contribution is 6.22. The molecule has 1 aromatic heterocycles. The average molecular weight is 482 g/mol. The lowest BCUT2D eigenvalue weighted by molar-refractivity contribution is -0.138. The highest BCUT2D eigenvalue weighted by Crippen LogP contribution is 2.30. The van der Waals surface area contributed by atoms with Crippen LogP contribution in [0.3, 0.4) is 0 Å². The number of nitrogens with zero attached hydrogens (tertiary/aromatic N) is 5. The smallest absolute Gasteiger partial charge is 0.312 e. The normalized spacial score (nSPS) is 19.4. The molecule has 2 aliphatic rings. The lowest BCUT2D eigenvalue weighted by atomic mass is 9.94. The van der Waals surface area contributed by atoms with Crippen LogP contribution >= 0.6 is 0 Å². The van der Waals surface area contributed by atoms with Crippen LogP contribution in [0.2, 0.25) is 0 Å². The Morgan fingerprint density at radius 2 is 1.89 bits per heavy atom. The van der Waals surface area contributed by atoms with E-state index >= 15 is 0 Å². The van der Waals surface area contributed by atoms with Gasteiger partial charge >= 0.3 is 6.03 Å². The fourth-order valence-corrected chi connectivity index (χ4v) is 4.77. The number of fused-ring (bicyclic) bond motifs is 1. The number of carbonyl (C=O) groups is 4. The topological polar surface area (TPSA) is 144 Å². The Bertz CT molecular complexity index is 1100. The van der Waals surface area contributed by atoms with Gasteiger partial charge < -0.3 is 16.0 Å². The number of primary amides is 1. The number of amides is 5. The molecule has 11 nitrogen and oxygen atoms in total. The Hall–Kier alpha value is -3.76. The number of hydrogen-bond donors (Lipinski definition) is 2. The van der Waals surface area contributed by atoms with Crippen molar-refractivity contribution in [1.29, 1.82) is 0 Å². The number of carbonyl (C=O) groups excluding carboxylic acids is 4. The lowest BCUT2D eigenvalue weighted by Gasteiger charge is -2.38. The van der Waals surface area contributed by atoms with Crippen LogP contribution < -0.4 is 11.1 Å². The van der Waals surface area contributed by atoms with E-state index in [1.165, 1.54) is 0 Å². The molecule has 35 heavy (non-hydrogen) atoms. The van der Waals surface area contributed by atoms with Crippen molar-refractivity contribution in [3.63, 3.8) is 0 Å². The molecule has 4 rings (SSSR count). The zero-order valence-corrected chi connectivity index (χ0v) is 20.0. The van der Waals surface area contributed by atoms with E-state index in [2.05, 4.69) is 15.6 Å². The Kier molecular flexibility index (Phi) is 7.13. The first kappa shape index (κ1) is 24.4. The minimum Gasteiger partial charge on any atom is -0.352 e. The molecule has 0 spiro atoms. The molecule has 3 heterocycles. The van der Waals surface area contributed by atoms with Gasteiger partial charge in [-0.1, -0.05) is 37.6 Å². The summed E-state index contributed by atoms with van der Waals surface area (Å²) in [4.78, 5) is 53.9. The summed E-state index contributed by atoms with van der Waals surface area (Å²) >= 11 is 0. The van der Waals surface area contributed by atoms with Crippen molar-refractivity contribution < 1.29 is 19.2 Å². The summed E-state index contributed by atoms with van der Waals surface area (Å²) in [6, 6.07) is 5.18. The molecule has 5 amide bonds. The fraction of sp³-hybridized carbons (Fsp3) is 0.500. The second-order valence-corrected chi connectivity index (χ2v) is 9.17. The summed E-state index contributed by atoms with van der Waals surface area (Å²) in [5, 5.41) is 10.9. The molecule has 11 heteroatoms. The SMILES string of the molecule is CCC(C)C(C(=O)N1CCCC(n2cc(CCNC(N)=O)nn2)C1)N1C(=O)c2ccccc2C1=O. The van der Waals surface area contributed by atoms with Crippen LogP contribution in [0.25, 0.3) is 0 Å². The lowest BCUT2D eigenvalue weighted by Crippen LogP contribution is -2.55. The molecule has 3 atom stereocenters. The van der Waals surface area contributed by atoms with E-state index in [1.807, 2.05) is 20.0 Å². The predicted molar refractivity (Wildman–Crippen MR) is 126 cm³/mol. The summed E-state index contributed by atoms with van der Waals surface area (Å²) in [7, 11) is 0. The number of hydrogen-bond acceptors (Lipinski definition) is 6. The molecule has 1 aromatic carbocycles. The van der Waals surface area contributed by atoms with Crippen molar-refractivity contribution >= 4 is 23.8 Å². The molecule has 2 aromatic rings. The Labute approximate surface area is 203 Å². The van der Waals surface area contributed by atoms with Gasteiger partial charge in [0.1, 0.15) is 6.04 Å². The number of benzene rings is 1. The second-order valence-electron chi connectivity index (χ2n) is 9.17. The predicted octanol–water partition coefficient (Wildman–Crippen LogP) is 1.36. The van der Waals surface area contributed by atoms with Gasteiger partial charge in [-0.25, -0.2) is 9.48 Å². The maximum atomic E-state index is 13.8. The van der Waals surface area contributed by atoms with E-state index in [-0.39, 0.29) is 17.9 Å². The number of likely N-dealkylation sites (tertiary alicyclic amines) is 1. The Morgan fingerprint density at radius 1 is 1.20 bits per heavy atom. The molecule has 0 aliphatic carbocycles. The van der Waals surface area contributed by atoms with Gasteiger partial charge in [-0.2, -0.15) is 0 Å². The quantitative estimate of drug-likeness (QED) is 0.545. The Morgan fingerprint density at radius 3 is 2.51 bits per heavy atom. The number of piperidine rings is 1. The van der Waals surface area contributed by atoms with Gasteiger partial charge in [-0.05, 0) is 30.9 Å². The third kappa shape index (κ3) is 4.89. The highest BCUT2D eigenvalue weighted by Gasteiger charge is 2.46. The highest BCUT2D eigenvalue weighted by atomic mass is 16.2. The number of nitrogens with two attached hydrogens (primary N) is 1. The van der Waals surface area contributed by atoms with Gasteiger partial charge in [0.25, 0.3) is 11.8 Å². The van der Waals surface area contributed by atoms with Crippen LogP contribution in [0, 0.1) is 5.92 Å². The average Bonchev–Trinajstić information content (AvgIpc) is 3.43. The maximum Gasteiger partial charge on any atom is 0.312 e. The first-order valence-corrected chi connectivity index (χ1v) is 12.0. The second kappa shape index (κ2) is 10.2. The summed E-state index contributed by atoms with van der Waals surface area (Å²) in [6.45, 7) is 5.18. The molecule has 1 saturated heterocycles. The van der Waals surface area contributed by atoms with Crippen LogP contribution in [0.15, 0.2) is 30.5 Å². The number of aromatic nitrogens is 3. The molecule has 2 aliphatic heterocycles.